The molecular formula is C17H19ClFN. The van der Waals surface area contributed by atoms with Crippen LogP contribution in [0.2, 0.25) is 5.02 Å². The first-order chi connectivity index (χ1) is 9.45. The van der Waals surface area contributed by atoms with Gasteiger partial charge in [0.05, 0.1) is 11.1 Å². The van der Waals surface area contributed by atoms with E-state index in [0.29, 0.717) is 0 Å². The number of halogens is 2. The molecule has 0 aliphatic heterocycles. The van der Waals surface area contributed by atoms with Crippen LogP contribution in [0.4, 0.5) is 4.39 Å². The van der Waals surface area contributed by atoms with Crippen LogP contribution < -0.4 is 5.32 Å². The summed E-state index contributed by atoms with van der Waals surface area (Å²) < 4.78 is 13.7. The van der Waals surface area contributed by atoms with E-state index in [1.807, 2.05) is 13.1 Å². The average Bonchev–Trinajstić information content (AvgIpc) is 2.37. The Morgan fingerprint density at radius 2 is 1.70 bits per heavy atom. The van der Waals surface area contributed by atoms with E-state index in [2.05, 4.69) is 38.2 Å². The molecule has 0 spiro atoms. The van der Waals surface area contributed by atoms with Gasteiger partial charge in [-0.05, 0) is 56.1 Å². The van der Waals surface area contributed by atoms with Crippen molar-refractivity contribution in [3.05, 3.63) is 69.0 Å². The fraction of sp³-hybridized carbons (Fsp3) is 0.294. The van der Waals surface area contributed by atoms with Gasteiger partial charge in [0.25, 0.3) is 0 Å². The smallest absolute Gasteiger partial charge is 0.142 e. The molecule has 0 bridgehead atoms. The molecule has 0 radical (unpaired) electrons. The quantitative estimate of drug-likeness (QED) is 0.863. The van der Waals surface area contributed by atoms with E-state index in [-0.39, 0.29) is 16.9 Å². The summed E-state index contributed by atoms with van der Waals surface area (Å²) in [5.41, 5.74) is 5.52. The van der Waals surface area contributed by atoms with Crippen LogP contribution in [0.3, 0.4) is 0 Å². The van der Waals surface area contributed by atoms with Crippen LogP contribution in [-0.4, -0.2) is 7.05 Å². The topological polar surface area (TPSA) is 12.0 Å². The van der Waals surface area contributed by atoms with Crippen molar-refractivity contribution in [1.29, 1.82) is 0 Å². The summed E-state index contributed by atoms with van der Waals surface area (Å²) in [6.45, 7) is 6.23. The zero-order valence-corrected chi connectivity index (χ0v) is 13.0. The molecule has 2 aromatic carbocycles. The second-order valence-electron chi connectivity index (χ2n) is 5.18. The van der Waals surface area contributed by atoms with Gasteiger partial charge in [0, 0.05) is 0 Å². The van der Waals surface area contributed by atoms with Crippen molar-refractivity contribution in [2.24, 2.45) is 0 Å². The second kappa shape index (κ2) is 5.94. The van der Waals surface area contributed by atoms with E-state index in [1.165, 1.54) is 22.8 Å². The molecule has 1 unspecified atom stereocenters. The maximum atomic E-state index is 13.7. The molecule has 106 valence electrons. The molecular weight excluding hydrogens is 273 g/mol. The van der Waals surface area contributed by atoms with Gasteiger partial charge in [-0.25, -0.2) is 4.39 Å². The molecule has 0 aliphatic rings. The highest BCUT2D eigenvalue weighted by Gasteiger charge is 2.20. The number of hydrogen-bond acceptors (Lipinski definition) is 1. The third-order valence-corrected chi connectivity index (χ3v) is 4.01. The summed E-state index contributed by atoms with van der Waals surface area (Å²) in [5, 5.41) is 3.44. The predicted octanol–water partition coefficient (Wildman–Crippen LogP) is 4.71. The lowest BCUT2D eigenvalue weighted by Crippen LogP contribution is -2.20. The SMILES string of the molecule is CNC(c1cccc(F)c1Cl)c1c(C)cc(C)cc1C. The van der Waals surface area contributed by atoms with Gasteiger partial charge in [0.2, 0.25) is 0 Å². The molecule has 0 saturated carbocycles. The first-order valence-corrected chi connectivity index (χ1v) is 7.02. The van der Waals surface area contributed by atoms with Crippen LogP contribution in [-0.2, 0) is 0 Å². The van der Waals surface area contributed by atoms with Crippen molar-refractivity contribution in [1.82, 2.24) is 5.32 Å². The largest absolute Gasteiger partial charge is 0.309 e. The van der Waals surface area contributed by atoms with Crippen molar-refractivity contribution in [2.45, 2.75) is 26.8 Å². The fourth-order valence-electron chi connectivity index (χ4n) is 2.85. The highest BCUT2D eigenvalue weighted by atomic mass is 35.5. The number of aryl methyl sites for hydroxylation is 3. The summed E-state index contributed by atoms with van der Waals surface area (Å²) in [6, 6.07) is 9.11. The van der Waals surface area contributed by atoms with Crippen molar-refractivity contribution in [2.75, 3.05) is 7.05 Å². The van der Waals surface area contributed by atoms with E-state index in [4.69, 9.17) is 11.6 Å². The Hall–Kier alpha value is -1.38. The third kappa shape index (κ3) is 2.72. The van der Waals surface area contributed by atoms with Crippen molar-refractivity contribution in [3.8, 4) is 0 Å². The first kappa shape index (κ1) is 15.0. The second-order valence-corrected chi connectivity index (χ2v) is 5.56. The van der Waals surface area contributed by atoms with Gasteiger partial charge in [0.15, 0.2) is 0 Å². The lowest BCUT2D eigenvalue weighted by Gasteiger charge is -2.23. The van der Waals surface area contributed by atoms with E-state index in [1.54, 1.807) is 6.07 Å². The Labute approximate surface area is 124 Å². The Morgan fingerprint density at radius 1 is 1.10 bits per heavy atom. The molecule has 0 aliphatic carbocycles. The standard InChI is InChI=1S/C17H19ClFN/c1-10-8-11(2)15(12(3)9-10)17(20-4)13-6-5-7-14(19)16(13)18/h5-9,17,20H,1-4H3. The van der Waals surface area contributed by atoms with Crippen LogP contribution in [0.1, 0.15) is 33.9 Å². The summed E-state index contributed by atoms with van der Waals surface area (Å²) in [6.07, 6.45) is 0. The zero-order valence-electron chi connectivity index (χ0n) is 12.2. The average molecular weight is 292 g/mol. The van der Waals surface area contributed by atoms with Crippen LogP contribution in [0.25, 0.3) is 0 Å². The summed E-state index contributed by atoms with van der Waals surface area (Å²) >= 11 is 6.14. The van der Waals surface area contributed by atoms with Crippen LogP contribution in [0.15, 0.2) is 30.3 Å². The van der Waals surface area contributed by atoms with E-state index >= 15 is 0 Å². The molecule has 0 amide bonds. The Morgan fingerprint density at radius 3 is 2.25 bits per heavy atom. The van der Waals surface area contributed by atoms with Gasteiger partial charge < -0.3 is 5.32 Å². The molecule has 2 aromatic rings. The lowest BCUT2D eigenvalue weighted by molar-refractivity contribution is 0.616. The summed E-state index contributed by atoms with van der Waals surface area (Å²) in [5.74, 6) is -0.383. The van der Waals surface area contributed by atoms with Gasteiger partial charge in [-0.2, -0.15) is 0 Å². The van der Waals surface area contributed by atoms with Gasteiger partial charge in [0.1, 0.15) is 5.82 Å². The van der Waals surface area contributed by atoms with Crippen LogP contribution in [0.5, 0.6) is 0 Å². The minimum atomic E-state index is -0.383. The molecule has 2 rings (SSSR count). The maximum absolute atomic E-state index is 13.7. The Bertz CT molecular complexity index is 614. The monoisotopic (exact) mass is 291 g/mol. The number of rotatable bonds is 3. The molecule has 0 fully saturated rings. The lowest BCUT2D eigenvalue weighted by atomic mass is 9.90. The first-order valence-electron chi connectivity index (χ1n) is 6.64. The van der Waals surface area contributed by atoms with Crippen LogP contribution in [0, 0.1) is 26.6 Å². The normalized spacial score (nSPS) is 12.5. The summed E-state index contributed by atoms with van der Waals surface area (Å²) in [7, 11) is 1.87. The Kier molecular flexibility index (Phi) is 4.46. The van der Waals surface area contributed by atoms with Gasteiger partial charge >= 0.3 is 0 Å². The minimum absolute atomic E-state index is 0.112. The minimum Gasteiger partial charge on any atom is -0.309 e. The number of hydrogen-bond donors (Lipinski definition) is 1. The molecule has 3 heteroatoms. The Balaban J connectivity index is 2.62. The highest BCUT2D eigenvalue weighted by Crippen LogP contribution is 2.33. The van der Waals surface area contributed by atoms with Crippen molar-refractivity contribution < 1.29 is 4.39 Å². The molecule has 0 saturated heterocycles. The molecule has 1 atom stereocenters. The summed E-state index contributed by atoms with van der Waals surface area (Å²) in [4.78, 5) is 0. The van der Waals surface area contributed by atoms with Gasteiger partial charge in [-0.1, -0.05) is 41.4 Å². The van der Waals surface area contributed by atoms with E-state index in [0.717, 1.165) is 11.1 Å². The molecule has 0 heterocycles. The fourth-order valence-corrected chi connectivity index (χ4v) is 3.08. The number of nitrogens with one attached hydrogen (secondary N) is 1. The van der Waals surface area contributed by atoms with Gasteiger partial charge in [-0.15, -0.1) is 0 Å². The maximum Gasteiger partial charge on any atom is 0.142 e. The van der Waals surface area contributed by atoms with Crippen molar-refractivity contribution in [3.63, 3.8) is 0 Å². The molecule has 1 N–H and O–H groups in total. The van der Waals surface area contributed by atoms with E-state index < -0.39 is 0 Å². The van der Waals surface area contributed by atoms with Crippen molar-refractivity contribution >= 4 is 11.6 Å². The van der Waals surface area contributed by atoms with Crippen LogP contribution >= 0.6 is 11.6 Å². The third-order valence-electron chi connectivity index (χ3n) is 3.61. The predicted molar refractivity (Wildman–Crippen MR) is 83.0 cm³/mol. The molecule has 1 nitrogen and oxygen atoms in total. The highest BCUT2D eigenvalue weighted by molar-refractivity contribution is 6.31. The number of benzene rings is 2. The van der Waals surface area contributed by atoms with Gasteiger partial charge in [-0.3, -0.25) is 0 Å². The molecule has 0 aromatic heterocycles. The molecule has 20 heavy (non-hydrogen) atoms. The zero-order chi connectivity index (χ0) is 14.9. The van der Waals surface area contributed by atoms with E-state index in [9.17, 15) is 4.39 Å².